The number of rotatable bonds is 5. The summed E-state index contributed by atoms with van der Waals surface area (Å²) in [6, 6.07) is 30.3. The number of benzene rings is 4. The van der Waals surface area contributed by atoms with Gasteiger partial charge in [-0.05, 0) is 53.6 Å². The lowest BCUT2D eigenvalue weighted by atomic mass is 9.69. The smallest absolute Gasteiger partial charge is 0.267 e. The first-order chi connectivity index (χ1) is 18.5. The van der Waals surface area contributed by atoms with Gasteiger partial charge in [0, 0.05) is 0 Å². The Kier molecular flexibility index (Phi) is 6.11. The highest BCUT2D eigenvalue weighted by Gasteiger charge is 2.72. The Bertz CT molecular complexity index is 1510. The summed E-state index contributed by atoms with van der Waals surface area (Å²) in [4.78, 5) is 36.4. The summed E-state index contributed by atoms with van der Waals surface area (Å²) < 4.78 is 5.38. The number of hydroxylamine groups is 1. The van der Waals surface area contributed by atoms with Gasteiger partial charge in [-0.1, -0.05) is 83.9 Å². The van der Waals surface area contributed by atoms with Gasteiger partial charge in [-0.15, -0.1) is 0 Å². The largest absolute Gasteiger partial charge is 0.497 e. The van der Waals surface area contributed by atoms with Crippen molar-refractivity contribution in [3.05, 3.63) is 124 Å². The van der Waals surface area contributed by atoms with E-state index in [1.165, 1.54) is 11.0 Å². The zero-order valence-corrected chi connectivity index (χ0v) is 21.8. The van der Waals surface area contributed by atoms with E-state index >= 15 is 0 Å². The molecule has 2 heterocycles. The molecule has 4 aromatic carbocycles. The molecule has 0 aromatic heterocycles. The average Bonchev–Trinajstić information content (AvgIpc) is 3.42. The molecule has 4 aromatic rings. The number of ether oxygens (including phenoxy) is 1. The van der Waals surface area contributed by atoms with Crippen molar-refractivity contribution < 1.29 is 19.2 Å². The molecule has 2 fully saturated rings. The van der Waals surface area contributed by atoms with E-state index in [2.05, 4.69) is 0 Å². The molecular formula is C30H22Cl2N2O4. The van der Waals surface area contributed by atoms with Crippen LogP contribution in [0.5, 0.6) is 5.75 Å². The number of imide groups is 1. The summed E-state index contributed by atoms with van der Waals surface area (Å²) in [6.07, 6.45) is -1.13. The molecule has 0 spiro atoms. The zero-order valence-electron chi connectivity index (χ0n) is 20.3. The maximum absolute atomic E-state index is 14.7. The fourth-order valence-electron chi connectivity index (χ4n) is 5.44. The number of fused-ring (bicyclic) bond motifs is 1. The van der Waals surface area contributed by atoms with Crippen LogP contribution in [0.3, 0.4) is 0 Å². The van der Waals surface area contributed by atoms with Crippen LogP contribution in [-0.2, 0) is 19.8 Å². The molecule has 3 unspecified atom stereocenters. The molecule has 0 bridgehead atoms. The predicted octanol–water partition coefficient (Wildman–Crippen LogP) is 6.37. The second-order valence-corrected chi connectivity index (χ2v) is 9.95. The topological polar surface area (TPSA) is 59.1 Å². The van der Waals surface area contributed by atoms with Crippen LogP contribution in [0.15, 0.2) is 103 Å². The Morgan fingerprint density at radius 3 is 2.08 bits per heavy atom. The molecule has 6 rings (SSSR count). The van der Waals surface area contributed by atoms with E-state index in [1.807, 2.05) is 84.9 Å². The monoisotopic (exact) mass is 544 g/mol. The average molecular weight is 545 g/mol. The number of para-hydroxylation sites is 1. The Balaban J connectivity index is 1.60. The summed E-state index contributed by atoms with van der Waals surface area (Å²) in [5.74, 6) is -0.207. The predicted molar refractivity (Wildman–Crippen MR) is 147 cm³/mol. The van der Waals surface area contributed by atoms with Gasteiger partial charge < -0.3 is 4.74 Å². The van der Waals surface area contributed by atoms with E-state index in [1.54, 1.807) is 24.3 Å². The van der Waals surface area contributed by atoms with E-state index < -0.39 is 29.4 Å². The summed E-state index contributed by atoms with van der Waals surface area (Å²) in [5, 5.41) is 2.26. The Labute approximate surface area is 229 Å². The summed E-state index contributed by atoms with van der Waals surface area (Å²) >= 11 is 12.4. The molecule has 190 valence electrons. The molecule has 0 saturated carbocycles. The quantitative estimate of drug-likeness (QED) is 0.273. The van der Waals surface area contributed by atoms with Crippen LogP contribution in [0.2, 0.25) is 10.0 Å². The van der Waals surface area contributed by atoms with Crippen molar-refractivity contribution in [2.75, 3.05) is 17.1 Å². The van der Waals surface area contributed by atoms with Crippen LogP contribution < -0.4 is 14.7 Å². The Morgan fingerprint density at radius 1 is 0.789 bits per heavy atom. The van der Waals surface area contributed by atoms with Gasteiger partial charge >= 0.3 is 0 Å². The first kappa shape index (κ1) is 24.5. The number of nitrogens with zero attached hydrogens (tertiary/aromatic N) is 2. The molecule has 0 radical (unpaired) electrons. The highest BCUT2D eigenvalue weighted by molar-refractivity contribution is 6.42. The maximum atomic E-state index is 14.7. The van der Waals surface area contributed by atoms with E-state index in [-0.39, 0.29) is 5.02 Å². The molecule has 0 N–H and O–H groups in total. The number of amides is 2. The third kappa shape index (κ3) is 3.60. The first-order valence-corrected chi connectivity index (χ1v) is 12.8. The third-order valence-electron chi connectivity index (χ3n) is 7.16. The molecule has 2 amide bonds. The molecule has 38 heavy (non-hydrogen) atoms. The molecule has 2 aliphatic rings. The van der Waals surface area contributed by atoms with Crippen LogP contribution in [0.1, 0.15) is 17.2 Å². The van der Waals surface area contributed by atoms with Crippen molar-refractivity contribution >= 4 is 46.4 Å². The fourth-order valence-corrected chi connectivity index (χ4v) is 5.73. The fraction of sp³-hybridized carbons (Fsp3) is 0.133. The number of halogens is 2. The first-order valence-electron chi connectivity index (χ1n) is 12.0. The molecule has 6 nitrogen and oxygen atoms in total. The number of anilines is 2. The highest BCUT2D eigenvalue weighted by Crippen LogP contribution is 2.57. The third-order valence-corrected chi connectivity index (χ3v) is 7.89. The lowest BCUT2D eigenvalue weighted by Gasteiger charge is -2.35. The van der Waals surface area contributed by atoms with Crippen molar-refractivity contribution in [2.24, 2.45) is 0 Å². The van der Waals surface area contributed by atoms with Crippen molar-refractivity contribution in [3.8, 4) is 5.75 Å². The maximum Gasteiger partial charge on any atom is 0.267 e. The summed E-state index contributed by atoms with van der Waals surface area (Å²) in [6.45, 7) is 0. The van der Waals surface area contributed by atoms with Crippen LogP contribution in [0, 0.1) is 0 Å². The number of hydrogen-bond acceptors (Lipinski definition) is 5. The number of carbonyl (C=O) groups excluding carboxylic acids is 2. The van der Waals surface area contributed by atoms with Crippen molar-refractivity contribution in [1.82, 2.24) is 0 Å². The summed E-state index contributed by atoms with van der Waals surface area (Å²) in [5.41, 5.74) is 1.12. The molecule has 2 aliphatic heterocycles. The van der Waals surface area contributed by atoms with Gasteiger partial charge in [-0.3, -0.25) is 14.4 Å². The Morgan fingerprint density at radius 2 is 1.45 bits per heavy atom. The standard InChI is InChI=1S/C30H22Cl2N2O4/c1-37-23-15-12-19(13-16-23)26-30(20-8-4-2-5-9-20)27(38-34(26)21-10-6-3-7-11-21)28(35)33(29(30)36)22-14-17-24(31)25(32)18-22/h2-18,26-27H,1H3. The van der Waals surface area contributed by atoms with Gasteiger partial charge in [0.25, 0.3) is 5.91 Å². The lowest BCUT2D eigenvalue weighted by Crippen LogP contribution is -2.46. The van der Waals surface area contributed by atoms with Crippen LogP contribution >= 0.6 is 23.2 Å². The highest BCUT2D eigenvalue weighted by atomic mass is 35.5. The van der Waals surface area contributed by atoms with E-state index in [4.69, 9.17) is 32.8 Å². The van der Waals surface area contributed by atoms with Gasteiger partial charge in [-0.2, -0.15) is 0 Å². The molecule has 8 heteroatoms. The van der Waals surface area contributed by atoms with Crippen molar-refractivity contribution in [3.63, 3.8) is 0 Å². The lowest BCUT2D eigenvalue weighted by molar-refractivity contribution is -0.126. The van der Waals surface area contributed by atoms with Crippen molar-refractivity contribution in [1.29, 1.82) is 0 Å². The van der Waals surface area contributed by atoms with Gasteiger partial charge in [0.15, 0.2) is 6.10 Å². The Hall–Kier alpha value is -3.84. The number of methoxy groups -OCH3 is 1. The zero-order chi connectivity index (χ0) is 26.4. The minimum absolute atomic E-state index is 0.245. The van der Waals surface area contributed by atoms with E-state index in [9.17, 15) is 9.59 Å². The molecular weight excluding hydrogens is 523 g/mol. The molecule has 0 aliphatic carbocycles. The van der Waals surface area contributed by atoms with Gasteiger partial charge in [-0.25, -0.2) is 9.96 Å². The van der Waals surface area contributed by atoms with Crippen LogP contribution in [0.4, 0.5) is 11.4 Å². The van der Waals surface area contributed by atoms with E-state index in [0.29, 0.717) is 22.0 Å². The molecule has 2 saturated heterocycles. The summed E-state index contributed by atoms with van der Waals surface area (Å²) in [7, 11) is 1.60. The van der Waals surface area contributed by atoms with Crippen LogP contribution in [-0.4, -0.2) is 25.0 Å². The minimum atomic E-state index is -1.39. The second kappa shape index (κ2) is 9.48. The van der Waals surface area contributed by atoms with Crippen LogP contribution in [0.25, 0.3) is 0 Å². The van der Waals surface area contributed by atoms with E-state index in [0.717, 1.165) is 11.3 Å². The molecule has 3 atom stereocenters. The SMILES string of the molecule is COc1ccc(C2N(c3ccccc3)OC3C(=O)N(c4ccc(Cl)c(Cl)c4)C(=O)C32c2ccccc2)cc1. The second-order valence-electron chi connectivity index (χ2n) is 9.13. The number of carbonyl (C=O) groups is 2. The van der Waals surface area contributed by atoms with Gasteiger partial charge in [0.2, 0.25) is 5.91 Å². The van der Waals surface area contributed by atoms with Gasteiger partial charge in [0.1, 0.15) is 17.2 Å². The van der Waals surface area contributed by atoms with Gasteiger partial charge in [0.05, 0.1) is 28.5 Å². The normalized spacial score (nSPS) is 22.6. The minimum Gasteiger partial charge on any atom is -0.497 e. The number of hydrogen-bond donors (Lipinski definition) is 0. The van der Waals surface area contributed by atoms with Crippen molar-refractivity contribution in [2.45, 2.75) is 17.6 Å².